The zero-order valence-corrected chi connectivity index (χ0v) is 10.4. The smallest absolute Gasteiger partial charge is 0.178 e. The number of ketones is 1. The molecule has 0 aliphatic heterocycles. The lowest BCUT2D eigenvalue weighted by Gasteiger charge is -2.04. The van der Waals surface area contributed by atoms with E-state index in [0.29, 0.717) is 11.6 Å². The van der Waals surface area contributed by atoms with Gasteiger partial charge in [0.25, 0.3) is 0 Å². The molecule has 16 heavy (non-hydrogen) atoms. The van der Waals surface area contributed by atoms with Crippen LogP contribution in [0.4, 0.5) is 0 Å². The minimum absolute atomic E-state index is 0.00159. The lowest BCUT2D eigenvalue weighted by Crippen LogP contribution is -2.05. The molecule has 1 fully saturated rings. The Morgan fingerprint density at radius 3 is 2.88 bits per heavy atom. The summed E-state index contributed by atoms with van der Waals surface area (Å²) in [6.07, 6.45) is 2.35. The highest BCUT2D eigenvalue weighted by Crippen LogP contribution is 2.40. The maximum atomic E-state index is 11.4. The zero-order chi connectivity index (χ0) is 11.3. The molecule has 0 unspecified atom stereocenters. The van der Waals surface area contributed by atoms with Crippen molar-refractivity contribution in [2.45, 2.75) is 25.7 Å². The molecule has 0 atom stereocenters. The molecule has 0 radical (unpaired) electrons. The van der Waals surface area contributed by atoms with Gasteiger partial charge in [-0.1, -0.05) is 0 Å². The van der Waals surface area contributed by atoms with Crippen LogP contribution in [-0.2, 0) is 0 Å². The third-order valence-corrected chi connectivity index (χ3v) is 3.17. The predicted molar refractivity (Wildman–Crippen MR) is 62.7 cm³/mol. The summed E-state index contributed by atoms with van der Waals surface area (Å²) in [7, 11) is 0. The van der Waals surface area contributed by atoms with Gasteiger partial charge in [-0.3, -0.25) is 4.79 Å². The molecule has 0 aromatic carbocycles. The number of hydrogen-bond acceptors (Lipinski definition) is 3. The molecule has 0 spiro atoms. The van der Waals surface area contributed by atoms with Crippen molar-refractivity contribution in [3.63, 3.8) is 0 Å². The predicted octanol–water partition coefficient (Wildman–Crippen LogP) is 2.57. The molecule has 0 amide bonds. The summed E-state index contributed by atoms with van der Waals surface area (Å²) in [6, 6.07) is 3.70. The van der Waals surface area contributed by atoms with Crippen molar-refractivity contribution in [1.29, 1.82) is 0 Å². The molecule has 0 bridgehead atoms. The van der Waals surface area contributed by atoms with Crippen LogP contribution in [0.5, 0.6) is 0 Å². The summed E-state index contributed by atoms with van der Waals surface area (Å²) < 4.78 is 2.58. The molecule has 2 heterocycles. The molecular weight excluding hydrogens is 270 g/mol. The van der Waals surface area contributed by atoms with Crippen molar-refractivity contribution in [3.8, 4) is 0 Å². The van der Waals surface area contributed by atoms with Gasteiger partial charge in [0.05, 0.1) is 0 Å². The standard InChI is InChI=1S/C11H10BrN3O/c1-6(16)8-4-9(7-2-3-7)15-11(13-8)5-10(12)14-15/h4-5,7H,2-3H2,1H3. The van der Waals surface area contributed by atoms with E-state index < -0.39 is 0 Å². The second-order valence-electron chi connectivity index (χ2n) is 4.13. The monoisotopic (exact) mass is 279 g/mol. The van der Waals surface area contributed by atoms with Gasteiger partial charge in [0.15, 0.2) is 11.4 Å². The molecule has 0 saturated heterocycles. The molecular formula is C11H10BrN3O. The van der Waals surface area contributed by atoms with Crippen molar-refractivity contribution < 1.29 is 4.79 Å². The van der Waals surface area contributed by atoms with Gasteiger partial charge in [0.2, 0.25) is 0 Å². The summed E-state index contributed by atoms with van der Waals surface area (Å²) >= 11 is 3.33. The molecule has 1 aliphatic carbocycles. The quantitative estimate of drug-likeness (QED) is 0.794. The minimum Gasteiger partial charge on any atom is -0.293 e. The number of rotatable bonds is 2. The minimum atomic E-state index is 0.00159. The third-order valence-electron chi connectivity index (χ3n) is 2.78. The summed E-state index contributed by atoms with van der Waals surface area (Å²) in [5, 5.41) is 4.33. The van der Waals surface area contributed by atoms with Crippen molar-refractivity contribution >= 4 is 27.4 Å². The van der Waals surface area contributed by atoms with Crippen LogP contribution in [0.25, 0.3) is 5.65 Å². The topological polar surface area (TPSA) is 47.3 Å². The van der Waals surface area contributed by atoms with Gasteiger partial charge in [-0.2, -0.15) is 5.10 Å². The number of nitrogens with zero attached hydrogens (tertiary/aromatic N) is 3. The van der Waals surface area contributed by atoms with Crippen molar-refractivity contribution in [3.05, 3.63) is 28.1 Å². The summed E-state index contributed by atoms with van der Waals surface area (Å²) in [6.45, 7) is 1.54. The van der Waals surface area contributed by atoms with Crippen molar-refractivity contribution in [1.82, 2.24) is 14.6 Å². The van der Waals surface area contributed by atoms with Gasteiger partial charge in [-0.05, 0) is 34.8 Å². The molecule has 2 aromatic heterocycles. The average Bonchev–Trinajstić information content (AvgIpc) is 2.98. The first-order valence-corrected chi connectivity index (χ1v) is 6.01. The van der Waals surface area contributed by atoms with Crippen LogP contribution < -0.4 is 0 Å². The molecule has 2 aromatic rings. The number of carbonyl (C=O) groups is 1. The van der Waals surface area contributed by atoms with Crippen LogP contribution >= 0.6 is 15.9 Å². The van der Waals surface area contributed by atoms with Crippen LogP contribution in [0.2, 0.25) is 0 Å². The Labute approximate surface area is 101 Å². The van der Waals surface area contributed by atoms with Gasteiger partial charge in [-0.15, -0.1) is 0 Å². The molecule has 82 valence electrons. The highest BCUT2D eigenvalue weighted by molar-refractivity contribution is 9.10. The number of hydrogen-bond donors (Lipinski definition) is 0. The molecule has 1 saturated carbocycles. The van der Waals surface area contributed by atoms with Gasteiger partial charge < -0.3 is 0 Å². The molecule has 1 aliphatic rings. The Morgan fingerprint density at radius 2 is 2.25 bits per heavy atom. The lowest BCUT2D eigenvalue weighted by molar-refractivity contribution is 0.101. The van der Waals surface area contributed by atoms with Crippen LogP contribution in [0, 0.1) is 0 Å². The van der Waals surface area contributed by atoms with E-state index in [1.807, 2.05) is 16.6 Å². The van der Waals surface area contributed by atoms with Crippen LogP contribution in [0.1, 0.15) is 41.9 Å². The highest BCUT2D eigenvalue weighted by atomic mass is 79.9. The molecule has 3 rings (SSSR count). The van der Waals surface area contributed by atoms with E-state index >= 15 is 0 Å². The van der Waals surface area contributed by atoms with Crippen molar-refractivity contribution in [2.75, 3.05) is 0 Å². The number of aromatic nitrogens is 3. The number of carbonyl (C=O) groups excluding carboxylic acids is 1. The SMILES string of the molecule is CC(=O)c1cc(C2CC2)n2nc(Br)cc2n1. The van der Waals surface area contributed by atoms with Crippen LogP contribution in [0.15, 0.2) is 16.7 Å². The Balaban J connectivity index is 2.29. The Bertz CT molecular complexity index is 586. The van der Waals surface area contributed by atoms with Gasteiger partial charge in [-0.25, -0.2) is 9.50 Å². The fourth-order valence-corrected chi connectivity index (χ4v) is 2.18. The summed E-state index contributed by atoms with van der Waals surface area (Å²) in [4.78, 5) is 15.7. The first-order valence-electron chi connectivity index (χ1n) is 5.22. The van der Waals surface area contributed by atoms with Crippen LogP contribution in [-0.4, -0.2) is 20.4 Å². The number of fused-ring (bicyclic) bond motifs is 1. The zero-order valence-electron chi connectivity index (χ0n) is 8.77. The first kappa shape index (κ1) is 9.96. The maximum absolute atomic E-state index is 11.4. The third kappa shape index (κ3) is 1.55. The Hall–Kier alpha value is -1.23. The maximum Gasteiger partial charge on any atom is 0.178 e. The lowest BCUT2D eigenvalue weighted by atomic mass is 10.2. The van der Waals surface area contributed by atoms with Crippen molar-refractivity contribution in [2.24, 2.45) is 0 Å². The summed E-state index contributed by atoms with van der Waals surface area (Å²) in [5.41, 5.74) is 2.36. The van der Waals surface area contributed by atoms with E-state index in [2.05, 4.69) is 26.0 Å². The number of halogens is 1. The summed E-state index contributed by atoms with van der Waals surface area (Å²) in [5.74, 6) is 0.539. The second-order valence-corrected chi connectivity index (χ2v) is 4.95. The normalized spacial score (nSPS) is 15.6. The van der Waals surface area contributed by atoms with Gasteiger partial charge in [0.1, 0.15) is 10.3 Å². The largest absolute Gasteiger partial charge is 0.293 e. The Kier molecular flexibility index (Phi) is 2.10. The molecule has 4 nitrogen and oxygen atoms in total. The number of Topliss-reactive ketones (excluding diaryl/α,β-unsaturated/α-hetero) is 1. The first-order chi connectivity index (χ1) is 7.65. The van der Waals surface area contributed by atoms with E-state index in [1.54, 1.807) is 6.92 Å². The fraction of sp³-hybridized carbons (Fsp3) is 0.364. The fourth-order valence-electron chi connectivity index (χ4n) is 1.82. The van der Waals surface area contributed by atoms with E-state index in [4.69, 9.17) is 0 Å². The van der Waals surface area contributed by atoms with Gasteiger partial charge in [0, 0.05) is 24.6 Å². The van der Waals surface area contributed by atoms with E-state index in [9.17, 15) is 4.79 Å². The molecule has 0 N–H and O–H groups in total. The van der Waals surface area contributed by atoms with Gasteiger partial charge >= 0.3 is 0 Å². The Morgan fingerprint density at radius 1 is 1.50 bits per heavy atom. The van der Waals surface area contributed by atoms with Crippen LogP contribution in [0.3, 0.4) is 0 Å². The van der Waals surface area contributed by atoms with E-state index in [1.165, 1.54) is 12.8 Å². The average molecular weight is 280 g/mol. The van der Waals surface area contributed by atoms with E-state index in [0.717, 1.165) is 15.9 Å². The second kappa shape index (κ2) is 3.38. The molecule has 5 heteroatoms. The highest BCUT2D eigenvalue weighted by Gasteiger charge is 2.28. The van der Waals surface area contributed by atoms with E-state index in [-0.39, 0.29) is 5.78 Å².